The van der Waals surface area contributed by atoms with E-state index in [0.717, 1.165) is 16.8 Å². The van der Waals surface area contributed by atoms with Crippen molar-refractivity contribution < 1.29 is 13.2 Å². The van der Waals surface area contributed by atoms with E-state index in [9.17, 15) is 13.2 Å². The van der Waals surface area contributed by atoms with Gasteiger partial charge in [0.05, 0.1) is 16.3 Å². The van der Waals surface area contributed by atoms with Crippen LogP contribution in [-0.4, -0.2) is 40.3 Å². The number of aryl methyl sites for hydroxylation is 3. The molecular weight excluding hydrogens is 412 g/mol. The van der Waals surface area contributed by atoms with E-state index in [1.807, 2.05) is 32.0 Å². The maximum atomic E-state index is 12.3. The standard InChI is InChI=1S/C18H20N6O3S2/c1-11-7-8-14(9-15(11)29(19,26)27)20-16(25)10-28-18-21-22-23-24(18)17-12(2)5-4-6-13(17)3/h4-9H,10H2,1-3H3,(H,20,25)(H2,19,26,27). The summed E-state index contributed by atoms with van der Waals surface area (Å²) in [5, 5.41) is 20.1. The Morgan fingerprint density at radius 2 is 1.83 bits per heavy atom. The number of nitrogens with one attached hydrogen (secondary N) is 1. The molecule has 1 aromatic heterocycles. The Morgan fingerprint density at radius 1 is 1.14 bits per heavy atom. The number of sulfonamides is 1. The van der Waals surface area contributed by atoms with Gasteiger partial charge in [-0.25, -0.2) is 13.6 Å². The van der Waals surface area contributed by atoms with Crippen LogP contribution in [-0.2, 0) is 14.8 Å². The summed E-state index contributed by atoms with van der Waals surface area (Å²) in [4.78, 5) is 12.3. The van der Waals surface area contributed by atoms with Crippen LogP contribution in [0, 0.1) is 20.8 Å². The minimum absolute atomic E-state index is 0.0260. The van der Waals surface area contributed by atoms with Crippen LogP contribution < -0.4 is 10.5 Å². The first-order chi connectivity index (χ1) is 13.7. The molecule has 0 radical (unpaired) electrons. The van der Waals surface area contributed by atoms with Gasteiger partial charge in [0, 0.05) is 5.69 Å². The van der Waals surface area contributed by atoms with Gasteiger partial charge in [-0.15, -0.1) is 5.10 Å². The normalized spacial score (nSPS) is 11.4. The predicted octanol–water partition coefficient (Wildman–Crippen LogP) is 1.97. The molecule has 0 spiro atoms. The van der Waals surface area contributed by atoms with Crippen LogP contribution in [0.1, 0.15) is 16.7 Å². The van der Waals surface area contributed by atoms with E-state index in [0.29, 0.717) is 16.4 Å². The van der Waals surface area contributed by atoms with Crippen LogP contribution in [0.5, 0.6) is 0 Å². The van der Waals surface area contributed by atoms with Gasteiger partial charge in [-0.3, -0.25) is 4.79 Å². The van der Waals surface area contributed by atoms with Crippen molar-refractivity contribution in [1.29, 1.82) is 0 Å². The molecule has 0 bridgehead atoms. The van der Waals surface area contributed by atoms with Crippen molar-refractivity contribution in [3.8, 4) is 5.69 Å². The average molecular weight is 433 g/mol. The van der Waals surface area contributed by atoms with Crippen LogP contribution in [0.25, 0.3) is 5.69 Å². The van der Waals surface area contributed by atoms with Crippen molar-refractivity contribution in [2.75, 3.05) is 11.1 Å². The van der Waals surface area contributed by atoms with Crippen LogP contribution in [0.15, 0.2) is 46.5 Å². The topological polar surface area (TPSA) is 133 Å². The molecule has 2 aromatic carbocycles. The molecule has 0 atom stereocenters. The highest BCUT2D eigenvalue weighted by Gasteiger charge is 2.16. The third-order valence-electron chi connectivity index (χ3n) is 4.20. The number of hydrogen-bond acceptors (Lipinski definition) is 7. The molecule has 0 saturated heterocycles. The van der Waals surface area contributed by atoms with Gasteiger partial charge in [-0.1, -0.05) is 36.0 Å². The number of thioether (sulfide) groups is 1. The number of nitrogens with two attached hydrogens (primary N) is 1. The zero-order valence-electron chi connectivity index (χ0n) is 16.1. The summed E-state index contributed by atoms with van der Waals surface area (Å²) >= 11 is 1.18. The second kappa shape index (κ2) is 8.31. The van der Waals surface area contributed by atoms with Gasteiger partial charge in [0.1, 0.15) is 0 Å². The summed E-state index contributed by atoms with van der Waals surface area (Å²) in [6.45, 7) is 5.56. The molecule has 1 heterocycles. The van der Waals surface area contributed by atoms with Gasteiger partial charge in [0.15, 0.2) is 0 Å². The molecule has 152 valence electrons. The summed E-state index contributed by atoms with van der Waals surface area (Å²) in [5.41, 5.74) is 3.75. The number of carbonyl (C=O) groups excluding carboxylic acids is 1. The van der Waals surface area contributed by atoms with Crippen molar-refractivity contribution in [2.45, 2.75) is 30.8 Å². The van der Waals surface area contributed by atoms with E-state index < -0.39 is 10.0 Å². The van der Waals surface area contributed by atoms with E-state index in [1.54, 1.807) is 23.7 Å². The summed E-state index contributed by atoms with van der Waals surface area (Å²) in [6.07, 6.45) is 0. The largest absolute Gasteiger partial charge is 0.325 e. The number of carbonyl (C=O) groups is 1. The lowest BCUT2D eigenvalue weighted by Crippen LogP contribution is -2.17. The number of hydrogen-bond donors (Lipinski definition) is 2. The van der Waals surface area contributed by atoms with E-state index in [-0.39, 0.29) is 16.6 Å². The molecule has 3 N–H and O–H groups in total. The Balaban J connectivity index is 1.73. The third-order valence-corrected chi connectivity index (χ3v) is 6.18. The molecule has 11 heteroatoms. The fourth-order valence-corrected chi connectivity index (χ4v) is 4.35. The second-order valence-electron chi connectivity index (χ2n) is 6.48. The van der Waals surface area contributed by atoms with Crippen LogP contribution >= 0.6 is 11.8 Å². The molecule has 3 rings (SSSR count). The molecule has 0 fully saturated rings. The molecular formula is C18H20N6O3S2. The van der Waals surface area contributed by atoms with Crippen molar-refractivity contribution in [3.05, 3.63) is 53.1 Å². The van der Waals surface area contributed by atoms with E-state index >= 15 is 0 Å². The number of rotatable bonds is 6. The first-order valence-corrected chi connectivity index (χ1v) is 11.1. The number of primary sulfonamides is 1. The van der Waals surface area contributed by atoms with E-state index in [4.69, 9.17) is 5.14 Å². The molecule has 29 heavy (non-hydrogen) atoms. The minimum Gasteiger partial charge on any atom is -0.325 e. The van der Waals surface area contributed by atoms with E-state index in [2.05, 4.69) is 20.8 Å². The molecule has 0 saturated carbocycles. The smallest absolute Gasteiger partial charge is 0.238 e. The highest BCUT2D eigenvalue weighted by molar-refractivity contribution is 7.99. The van der Waals surface area contributed by atoms with Crippen molar-refractivity contribution in [2.24, 2.45) is 5.14 Å². The van der Waals surface area contributed by atoms with Crippen molar-refractivity contribution >= 4 is 33.4 Å². The molecule has 0 aliphatic rings. The minimum atomic E-state index is -3.87. The summed E-state index contributed by atoms with van der Waals surface area (Å²) in [5.74, 6) is -0.278. The highest BCUT2D eigenvalue weighted by Crippen LogP contribution is 2.24. The molecule has 0 unspecified atom stereocenters. The highest BCUT2D eigenvalue weighted by atomic mass is 32.2. The first-order valence-electron chi connectivity index (χ1n) is 8.58. The number of tetrazole rings is 1. The Morgan fingerprint density at radius 3 is 2.48 bits per heavy atom. The van der Waals surface area contributed by atoms with E-state index in [1.165, 1.54) is 17.8 Å². The lowest BCUT2D eigenvalue weighted by Gasteiger charge is -2.11. The monoisotopic (exact) mass is 432 g/mol. The van der Waals surface area contributed by atoms with Crippen molar-refractivity contribution in [3.63, 3.8) is 0 Å². The zero-order valence-corrected chi connectivity index (χ0v) is 17.7. The third kappa shape index (κ3) is 4.81. The first kappa shape index (κ1) is 21.0. The molecule has 0 aliphatic heterocycles. The lowest BCUT2D eigenvalue weighted by molar-refractivity contribution is -0.113. The second-order valence-corrected chi connectivity index (χ2v) is 8.95. The number of para-hydroxylation sites is 1. The predicted molar refractivity (Wildman–Crippen MR) is 111 cm³/mol. The number of benzene rings is 2. The van der Waals surface area contributed by atoms with Gasteiger partial charge < -0.3 is 5.32 Å². The van der Waals surface area contributed by atoms with Gasteiger partial charge in [0.25, 0.3) is 0 Å². The summed E-state index contributed by atoms with van der Waals surface area (Å²) in [6, 6.07) is 10.4. The summed E-state index contributed by atoms with van der Waals surface area (Å²) < 4.78 is 24.9. The van der Waals surface area contributed by atoms with Gasteiger partial charge in [0.2, 0.25) is 21.1 Å². The quantitative estimate of drug-likeness (QED) is 0.569. The number of amides is 1. The average Bonchev–Trinajstić information content (AvgIpc) is 3.09. The SMILES string of the molecule is Cc1ccc(NC(=O)CSc2nnnn2-c2c(C)cccc2C)cc1S(N)(=O)=O. The Hall–Kier alpha value is -2.76. The van der Waals surface area contributed by atoms with Crippen LogP contribution in [0.2, 0.25) is 0 Å². The Labute approximate surface area is 172 Å². The number of aromatic nitrogens is 4. The fraction of sp³-hybridized carbons (Fsp3) is 0.222. The Bertz CT molecular complexity index is 1150. The Kier molecular flexibility index (Phi) is 6.01. The fourth-order valence-electron chi connectivity index (χ4n) is 2.86. The van der Waals surface area contributed by atoms with Crippen molar-refractivity contribution in [1.82, 2.24) is 20.2 Å². The number of nitrogens with zero attached hydrogens (tertiary/aromatic N) is 4. The molecule has 9 nitrogen and oxygen atoms in total. The maximum Gasteiger partial charge on any atom is 0.238 e. The van der Waals surface area contributed by atoms with Gasteiger partial charge in [-0.2, -0.15) is 4.68 Å². The zero-order chi connectivity index (χ0) is 21.2. The lowest BCUT2D eigenvalue weighted by atomic mass is 10.1. The van der Waals surface area contributed by atoms with Gasteiger partial charge in [-0.05, 0) is 60.0 Å². The molecule has 1 amide bonds. The maximum absolute atomic E-state index is 12.3. The van der Waals surface area contributed by atoms with Crippen LogP contribution in [0.4, 0.5) is 5.69 Å². The number of anilines is 1. The van der Waals surface area contributed by atoms with Crippen LogP contribution in [0.3, 0.4) is 0 Å². The molecule has 3 aromatic rings. The summed E-state index contributed by atoms with van der Waals surface area (Å²) in [7, 11) is -3.87. The van der Waals surface area contributed by atoms with Gasteiger partial charge >= 0.3 is 0 Å². The molecule has 0 aliphatic carbocycles.